The fourth-order valence-corrected chi connectivity index (χ4v) is 5.16. The molecule has 188 valence electrons. The largest absolute Gasteiger partial charge is 0.379 e. The predicted octanol–water partition coefficient (Wildman–Crippen LogP) is 1.02. The molecule has 0 radical (unpaired) electrons. The number of hydrogen-bond donors (Lipinski definition) is 2. The van der Waals surface area contributed by atoms with Crippen molar-refractivity contribution in [2.24, 2.45) is 0 Å². The maximum atomic E-state index is 13.4. The predicted molar refractivity (Wildman–Crippen MR) is 127 cm³/mol. The number of morpholine rings is 1. The molecule has 1 saturated carbocycles. The van der Waals surface area contributed by atoms with Crippen LogP contribution >= 0.6 is 0 Å². The molecule has 0 aromatic carbocycles. The Morgan fingerprint density at radius 2 is 1.94 bits per heavy atom. The van der Waals surface area contributed by atoms with E-state index in [-0.39, 0.29) is 36.0 Å². The summed E-state index contributed by atoms with van der Waals surface area (Å²) >= 11 is 0. The molecule has 1 aromatic heterocycles. The van der Waals surface area contributed by atoms with Crippen LogP contribution in [0.2, 0.25) is 0 Å². The zero-order chi connectivity index (χ0) is 24.1. The van der Waals surface area contributed by atoms with Crippen LogP contribution in [0.25, 0.3) is 0 Å². The van der Waals surface area contributed by atoms with Crippen LogP contribution < -0.4 is 10.6 Å². The Balaban J connectivity index is 1.41. The SMILES string of the molecule is CCCN1C(=O)c2cc(C(=O)NCCCN3CCOCC3)nn2C[C@@]1(C)C(=O)NC1CCCC1. The Kier molecular flexibility index (Phi) is 7.88. The van der Waals surface area contributed by atoms with Crippen LogP contribution in [-0.2, 0) is 16.1 Å². The number of amides is 3. The summed E-state index contributed by atoms with van der Waals surface area (Å²) in [7, 11) is 0. The highest BCUT2D eigenvalue weighted by Crippen LogP contribution is 2.29. The summed E-state index contributed by atoms with van der Waals surface area (Å²) in [6, 6.07) is 1.72. The standard InChI is InChI=1S/C24H38N6O4/c1-3-10-29-22(32)20-16-19(21(31)25-9-6-11-28-12-14-34-15-13-28)27-30(20)17-24(29,2)23(33)26-18-7-4-5-8-18/h16,18H,3-15,17H2,1-2H3,(H,25,31)(H,26,33)/t24-/m0/s1. The highest BCUT2D eigenvalue weighted by atomic mass is 16.5. The molecule has 0 bridgehead atoms. The van der Waals surface area contributed by atoms with Gasteiger partial charge in [-0.1, -0.05) is 19.8 Å². The highest BCUT2D eigenvalue weighted by molar-refractivity contribution is 6.01. The summed E-state index contributed by atoms with van der Waals surface area (Å²) in [5, 5.41) is 10.5. The van der Waals surface area contributed by atoms with Gasteiger partial charge in [0.2, 0.25) is 5.91 Å². The van der Waals surface area contributed by atoms with Gasteiger partial charge < -0.3 is 20.3 Å². The Hall–Kier alpha value is -2.46. The van der Waals surface area contributed by atoms with Gasteiger partial charge in [-0.2, -0.15) is 5.10 Å². The molecule has 3 amide bonds. The quantitative estimate of drug-likeness (QED) is 0.518. The Labute approximate surface area is 201 Å². The second kappa shape index (κ2) is 10.9. The lowest BCUT2D eigenvalue weighted by atomic mass is 9.94. The minimum Gasteiger partial charge on any atom is -0.379 e. The van der Waals surface area contributed by atoms with Crippen LogP contribution in [0.15, 0.2) is 6.07 Å². The molecule has 2 aliphatic heterocycles. The van der Waals surface area contributed by atoms with Gasteiger partial charge in [0, 0.05) is 38.3 Å². The third kappa shape index (κ3) is 5.27. The lowest BCUT2D eigenvalue weighted by Crippen LogP contribution is -2.65. The van der Waals surface area contributed by atoms with E-state index in [4.69, 9.17) is 4.74 Å². The lowest BCUT2D eigenvalue weighted by molar-refractivity contribution is -0.133. The van der Waals surface area contributed by atoms with Crippen LogP contribution in [-0.4, -0.2) is 94.8 Å². The fourth-order valence-electron chi connectivity index (χ4n) is 5.16. The molecule has 2 fully saturated rings. The first-order valence-corrected chi connectivity index (χ1v) is 12.7. The summed E-state index contributed by atoms with van der Waals surface area (Å²) in [5.74, 6) is -0.691. The van der Waals surface area contributed by atoms with Crippen LogP contribution in [0, 0.1) is 0 Å². The van der Waals surface area contributed by atoms with Gasteiger partial charge in [-0.25, -0.2) is 0 Å². The number of ether oxygens (including phenoxy) is 1. The number of carbonyl (C=O) groups is 3. The van der Waals surface area contributed by atoms with Crippen molar-refractivity contribution in [3.05, 3.63) is 17.5 Å². The van der Waals surface area contributed by atoms with Gasteiger partial charge in [-0.3, -0.25) is 24.0 Å². The fraction of sp³-hybridized carbons (Fsp3) is 0.750. The normalized spacial score (nSPS) is 23.7. The summed E-state index contributed by atoms with van der Waals surface area (Å²) < 4.78 is 6.89. The average Bonchev–Trinajstić information content (AvgIpc) is 3.50. The summed E-state index contributed by atoms with van der Waals surface area (Å²) in [5.41, 5.74) is -0.467. The summed E-state index contributed by atoms with van der Waals surface area (Å²) in [6.07, 6.45) is 5.77. The first-order chi connectivity index (χ1) is 16.4. The van der Waals surface area contributed by atoms with Crippen molar-refractivity contribution in [1.29, 1.82) is 0 Å². The molecule has 10 heteroatoms. The lowest BCUT2D eigenvalue weighted by Gasteiger charge is -2.43. The van der Waals surface area contributed by atoms with Gasteiger partial charge in [-0.15, -0.1) is 0 Å². The molecule has 34 heavy (non-hydrogen) atoms. The topological polar surface area (TPSA) is 109 Å². The zero-order valence-corrected chi connectivity index (χ0v) is 20.5. The van der Waals surface area contributed by atoms with Crippen molar-refractivity contribution in [3.8, 4) is 0 Å². The number of nitrogens with zero attached hydrogens (tertiary/aromatic N) is 4. The van der Waals surface area contributed by atoms with E-state index < -0.39 is 5.54 Å². The van der Waals surface area contributed by atoms with Crippen molar-refractivity contribution >= 4 is 17.7 Å². The minimum atomic E-state index is -1.04. The average molecular weight is 475 g/mol. The molecule has 1 aromatic rings. The van der Waals surface area contributed by atoms with Gasteiger partial charge in [0.25, 0.3) is 11.8 Å². The van der Waals surface area contributed by atoms with Crippen LogP contribution in [0.1, 0.15) is 73.3 Å². The molecular weight excluding hydrogens is 436 g/mol. The number of nitrogens with one attached hydrogen (secondary N) is 2. The van der Waals surface area contributed by atoms with Crippen LogP contribution in [0.4, 0.5) is 0 Å². The van der Waals surface area contributed by atoms with E-state index in [1.54, 1.807) is 17.9 Å². The minimum absolute atomic E-state index is 0.142. The molecule has 3 heterocycles. The monoisotopic (exact) mass is 474 g/mol. The smallest absolute Gasteiger partial charge is 0.273 e. The van der Waals surface area contributed by atoms with E-state index >= 15 is 0 Å². The van der Waals surface area contributed by atoms with Gasteiger partial charge in [0.05, 0.1) is 19.8 Å². The number of hydrogen-bond acceptors (Lipinski definition) is 6. The maximum Gasteiger partial charge on any atom is 0.273 e. The molecule has 10 nitrogen and oxygen atoms in total. The van der Waals surface area contributed by atoms with Gasteiger partial charge in [0.15, 0.2) is 5.69 Å². The molecule has 4 rings (SSSR count). The molecule has 1 saturated heterocycles. The number of fused-ring (bicyclic) bond motifs is 1. The third-order valence-corrected chi connectivity index (χ3v) is 7.20. The Morgan fingerprint density at radius 1 is 1.21 bits per heavy atom. The molecule has 1 atom stereocenters. The number of aromatic nitrogens is 2. The second-order valence-electron chi connectivity index (χ2n) is 9.82. The van der Waals surface area contributed by atoms with Crippen LogP contribution in [0.3, 0.4) is 0 Å². The summed E-state index contributed by atoms with van der Waals surface area (Å²) in [4.78, 5) is 43.4. The van der Waals surface area contributed by atoms with E-state index in [0.717, 1.165) is 71.4 Å². The van der Waals surface area contributed by atoms with Crippen molar-refractivity contribution in [3.63, 3.8) is 0 Å². The highest BCUT2D eigenvalue weighted by Gasteiger charge is 2.48. The van der Waals surface area contributed by atoms with Gasteiger partial charge in [0.1, 0.15) is 11.2 Å². The molecule has 0 spiro atoms. The van der Waals surface area contributed by atoms with Gasteiger partial charge >= 0.3 is 0 Å². The molecule has 0 unspecified atom stereocenters. The van der Waals surface area contributed by atoms with E-state index in [9.17, 15) is 14.4 Å². The second-order valence-corrected chi connectivity index (χ2v) is 9.82. The van der Waals surface area contributed by atoms with Gasteiger partial charge in [-0.05, 0) is 39.2 Å². The third-order valence-electron chi connectivity index (χ3n) is 7.20. The van der Waals surface area contributed by atoms with E-state index in [1.807, 2.05) is 6.92 Å². The molecular formula is C24H38N6O4. The molecule has 3 aliphatic rings. The van der Waals surface area contributed by atoms with E-state index in [0.29, 0.717) is 18.8 Å². The van der Waals surface area contributed by atoms with Crippen molar-refractivity contribution in [1.82, 2.24) is 30.2 Å². The van der Waals surface area contributed by atoms with Crippen LogP contribution in [0.5, 0.6) is 0 Å². The van der Waals surface area contributed by atoms with E-state index in [1.165, 1.54) is 4.68 Å². The molecule has 2 N–H and O–H groups in total. The molecule has 1 aliphatic carbocycles. The van der Waals surface area contributed by atoms with Crippen molar-refractivity contribution < 1.29 is 19.1 Å². The zero-order valence-electron chi connectivity index (χ0n) is 20.5. The number of rotatable bonds is 9. The van der Waals surface area contributed by atoms with Crippen molar-refractivity contribution in [2.45, 2.75) is 70.5 Å². The maximum absolute atomic E-state index is 13.4. The number of carbonyl (C=O) groups excluding carboxylic acids is 3. The first kappa shape index (κ1) is 24.7. The van der Waals surface area contributed by atoms with Crippen molar-refractivity contribution in [2.75, 3.05) is 45.9 Å². The summed E-state index contributed by atoms with van der Waals surface area (Å²) in [6.45, 7) is 9.30. The Morgan fingerprint density at radius 3 is 2.65 bits per heavy atom. The van der Waals surface area contributed by atoms with E-state index in [2.05, 4.69) is 20.6 Å². The Bertz CT molecular complexity index is 890. The first-order valence-electron chi connectivity index (χ1n) is 12.7.